The maximum atomic E-state index is 11.1. The van der Waals surface area contributed by atoms with Crippen LogP contribution in [0.4, 0.5) is 5.69 Å². The molecule has 1 aromatic heterocycles. The number of amides is 1. The summed E-state index contributed by atoms with van der Waals surface area (Å²) in [5, 5.41) is 2.79. The van der Waals surface area contributed by atoms with Crippen molar-refractivity contribution in [3.05, 3.63) is 23.5 Å². The molecule has 70 valence electrons. The molecule has 3 heteroatoms. The van der Waals surface area contributed by atoms with Crippen molar-refractivity contribution in [3.8, 4) is 0 Å². The van der Waals surface area contributed by atoms with Gasteiger partial charge in [0.05, 0.1) is 11.4 Å². The number of rotatable bonds is 2. The minimum absolute atomic E-state index is 0.0220. The highest BCUT2D eigenvalue weighted by Gasteiger charge is 2.02. The van der Waals surface area contributed by atoms with E-state index >= 15 is 0 Å². The van der Waals surface area contributed by atoms with E-state index in [-0.39, 0.29) is 5.91 Å². The normalized spacial score (nSPS) is 9.77. The molecule has 0 aromatic carbocycles. The molecule has 1 heterocycles. The van der Waals surface area contributed by atoms with Crippen LogP contribution in [0.25, 0.3) is 0 Å². The summed E-state index contributed by atoms with van der Waals surface area (Å²) in [5.74, 6) is 0.0220. The zero-order valence-electron chi connectivity index (χ0n) is 8.22. The standard InChI is InChI=1S/C10H14N2O/c1-4-10(13)12-9-6-5-7(2)11-8(9)3/h5-6H,4H2,1-3H3,(H,12,13). The van der Waals surface area contributed by atoms with Gasteiger partial charge in [0.25, 0.3) is 0 Å². The second kappa shape index (κ2) is 4.03. The number of carbonyl (C=O) groups is 1. The first kappa shape index (κ1) is 9.71. The summed E-state index contributed by atoms with van der Waals surface area (Å²) < 4.78 is 0. The van der Waals surface area contributed by atoms with Gasteiger partial charge in [-0.25, -0.2) is 0 Å². The van der Waals surface area contributed by atoms with E-state index in [1.54, 1.807) is 0 Å². The smallest absolute Gasteiger partial charge is 0.224 e. The van der Waals surface area contributed by atoms with Gasteiger partial charge in [-0.05, 0) is 26.0 Å². The molecular weight excluding hydrogens is 164 g/mol. The van der Waals surface area contributed by atoms with Crippen LogP contribution in [-0.4, -0.2) is 10.9 Å². The fourth-order valence-corrected chi connectivity index (χ4v) is 1.06. The summed E-state index contributed by atoms with van der Waals surface area (Å²) in [6.07, 6.45) is 0.493. The molecule has 3 nitrogen and oxygen atoms in total. The molecular formula is C10H14N2O. The van der Waals surface area contributed by atoms with Gasteiger partial charge in [-0.15, -0.1) is 0 Å². The number of pyridine rings is 1. The molecule has 0 bridgehead atoms. The van der Waals surface area contributed by atoms with Crippen molar-refractivity contribution >= 4 is 11.6 Å². The Morgan fingerprint density at radius 2 is 2.15 bits per heavy atom. The zero-order valence-corrected chi connectivity index (χ0v) is 8.22. The Labute approximate surface area is 78.2 Å². The van der Waals surface area contributed by atoms with E-state index in [1.807, 2.05) is 32.9 Å². The van der Waals surface area contributed by atoms with Crippen LogP contribution < -0.4 is 5.32 Å². The number of hydrogen-bond acceptors (Lipinski definition) is 2. The molecule has 0 radical (unpaired) electrons. The lowest BCUT2D eigenvalue weighted by Crippen LogP contribution is -2.11. The first-order valence-corrected chi connectivity index (χ1v) is 4.37. The van der Waals surface area contributed by atoms with Crippen LogP contribution in [0.3, 0.4) is 0 Å². The molecule has 13 heavy (non-hydrogen) atoms. The Kier molecular flexibility index (Phi) is 3.01. The number of nitrogens with one attached hydrogen (secondary N) is 1. The minimum atomic E-state index is 0.0220. The van der Waals surface area contributed by atoms with Crippen LogP contribution in [0.2, 0.25) is 0 Å². The van der Waals surface area contributed by atoms with Gasteiger partial charge in [-0.3, -0.25) is 9.78 Å². The van der Waals surface area contributed by atoms with Crippen LogP contribution >= 0.6 is 0 Å². The van der Waals surface area contributed by atoms with Crippen molar-refractivity contribution < 1.29 is 4.79 Å². The predicted octanol–water partition coefficient (Wildman–Crippen LogP) is 2.05. The first-order chi connectivity index (χ1) is 6.13. The highest BCUT2D eigenvalue weighted by atomic mass is 16.1. The third-order valence-corrected chi connectivity index (χ3v) is 1.82. The van der Waals surface area contributed by atoms with Gasteiger partial charge in [-0.1, -0.05) is 6.92 Å². The topological polar surface area (TPSA) is 42.0 Å². The Hall–Kier alpha value is -1.38. The van der Waals surface area contributed by atoms with Crippen molar-refractivity contribution in [2.24, 2.45) is 0 Å². The van der Waals surface area contributed by atoms with Gasteiger partial charge < -0.3 is 5.32 Å². The maximum absolute atomic E-state index is 11.1. The van der Waals surface area contributed by atoms with Gasteiger partial charge in [-0.2, -0.15) is 0 Å². The summed E-state index contributed by atoms with van der Waals surface area (Å²) in [6.45, 7) is 5.64. The first-order valence-electron chi connectivity index (χ1n) is 4.37. The number of aryl methyl sites for hydroxylation is 2. The van der Waals surface area contributed by atoms with E-state index in [1.165, 1.54) is 0 Å². The monoisotopic (exact) mass is 178 g/mol. The molecule has 0 unspecified atom stereocenters. The van der Waals surface area contributed by atoms with Crippen LogP contribution in [0.1, 0.15) is 24.7 Å². The number of hydrogen-bond donors (Lipinski definition) is 1. The van der Waals surface area contributed by atoms with Crippen LogP contribution in [0, 0.1) is 13.8 Å². The van der Waals surface area contributed by atoms with Gasteiger partial charge in [0.1, 0.15) is 0 Å². The molecule has 1 aromatic rings. The quantitative estimate of drug-likeness (QED) is 0.753. The highest BCUT2D eigenvalue weighted by Crippen LogP contribution is 2.12. The molecule has 0 aliphatic heterocycles. The van der Waals surface area contributed by atoms with Crippen LogP contribution in [-0.2, 0) is 4.79 Å². The lowest BCUT2D eigenvalue weighted by molar-refractivity contribution is -0.115. The molecule has 0 aliphatic rings. The van der Waals surface area contributed by atoms with Gasteiger partial charge in [0, 0.05) is 12.1 Å². The molecule has 1 amide bonds. The molecule has 0 atom stereocenters. The van der Waals surface area contributed by atoms with Gasteiger partial charge in [0.15, 0.2) is 0 Å². The number of nitrogens with zero attached hydrogens (tertiary/aromatic N) is 1. The Morgan fingerprint density at radius 3 is 2.69 bits per heavy atom. The van der Waals surface area contributed by atoms with Crippen molar-refractivity contribution in [2.75, 3.05) is 5.32 Å². The molecule has 1 N–H and O–H groups in total. The van der Waals surface area contributed by atoms with Crippen molar-refractivity contribution in [1.82, 2.24) is 4.98 Å². The SMILES string of the molecule is CCC(=O)Nc1ccc(C)nc1C. The fraction of sp³-hybridized carbons (Fsp3) is 0.400. The van der Waals surface area contributed by atoms with Crippen LogP contribution in [0.5, 0.6) is 0 Å². The number of aromatic nitrogens is 1. The second-order valence-corrected chi connectivity index (χ2v) is 2.99. The van der Waals surface area contributed by atoms with E-state index in [4.69, 9.17) is 0 Å². The van der Waals surface area contributed by atoms with Crippen LogP contribution in [0.15, 0.2) is 12.1 Å². The largest absolute Gasteiger partial charge is 0.325 e. The predicted molar refractivity (Wildman–Crippen MR) is 52.6 cm³/mol. The third kappa shape index (κ3) is 2.54. The Bertz CT molecular complexity index is 321. The Morgan fingerprint density at radius 1 is 1.46 bits per heavy atom. The highest BCUT2D eigenvalue weighted by molar-refractivity contribution is 5.90. The lowest BCUT2D eigenvalue weighted by Gasteiger charge is -2.06. The molecule has 0 spiro atoms. The van der Waals surface area contributed by atoms with Crippen molar-refractivity contribution in [1.29, 1.82) is 0 Å². The second-order valence-electron chi connectivity index (χ2n) is 2.99. The number of anilines is 1. The summed E-state index contributed by atoms with van der Waals surface area (Å²) in [4.78, 5) is 15.3. The fourth-order valence-electron chi connectivity index (χ4n) is 1.06. The van der Waals surface area contributed by atoms with E-state index in [0.717, 1.165) is 17.1 Å². The maximum Gasteiger partial charge on any atom is 0.224 e. The zero-order chi connectivity index (χ0) is 9.84. The van der Waals surface area contributed by atoms with E-state index in [0.29, 0.717) is 6.42 Å². The summed E-state index contributed by atoms with van der Waals surface area (Å²) in [5.41, 5.74) is 2.63. The van der Waals surface area contributed by atoms with Crippen molar-refractivity contribution in [2.45, 2.75) is 27.2 Å². The molecule has 0 saturated heterocycles. The average Bonchev–Trinajstić information content (AvgIpc) is 2.09. The minimum Gasteiger partial charge on any atom is -0.325 e. The third-order valence-electron chi connectivity index (χ3n) is 1.82. The lowest BCUT2D eigenvalue weighted by atomic mass is 10.2. The van der Waals surface area contributed by atoms with E-state index < -0.39 is 0 Å². The molecule has 0 saturated carbocycles. The molecule has 0 fully saturated rings. The summed E-state index contributed by atoms with van der Waals surface area (Å²) in [7, 11) is 0. The van der Waals surface area contributed by atoms with E-state index in [9.17, 15) is 4.79 Å². The molecule has 1 rings (SSSR count). The van der Waals surface area contributed by atoms with Crippen molar-refractivity contribution in [3.63, 3.8) is 0 Å². The Balaban J connectivity index is 2.83. The van der Waals surface area contributed by atoms with E-state index in [2.05, 4.69) is 10.3 Å². The number of carbonyl (C=O) groups excluding carboxylic acids is 1. The van der Waals surface area contributed by atoms with Gasteiger partial charge >= 0.3 is 0 Å². The average molecular weight is 178 g/mol. The summed E-state index contributed by atoms with van der Waals surface area (Å²) in [6, 6.07) is 3.77. The summed E-state index contributed by atoms with van der Waals surface area (Å²) >= 11 is 0. The van der Waals surface area contributed by atoms with Gasteiger partial charge in [0.2, 0.25) is 5.91 Å². The molecule has 0 aliphatic carbocycles.